The smallest absolute Gasteiger partial charge is 0.310 e. The summed E-state index contributed by atoms with van der Waals surface area (Å²) in [6.07, 6.45) is 1.84. The first-order valence-electron chi connectivity index (χ1n) is 9.57. The van der Waals surface area contributed by atoms with Gasteiger partial charge in [0.25, 0.3) is 0 Å². The van der Waals surface area contributed by atoms with Crippen LogP contribution in [0, 0.1) is 17.0 Å². The molecule has 0 spiro atoms. The molecule has 0 saturated heterocycles. The van der Waals surface area contributed by atoms with E-state index in [1.54, 1.807) is 7.11 Å². The van der Waals surface area contributed by atoms with Gasteiger partial charge in [0.15, 0.2) is 5.75 Å². The monoisotopic (exact) mass is 416 g/mol. The molecule has 2 aromatic heterocycles. The summed E-state index contributed by atoms with van der Waals surface area (Å²) in [5.74, 6) is 0.551. The lowest BCUT2D eigenvalue weighted by Crippen LogP contribution is -2.07. The number of hydrogen-bond acceptors (Lipinski definition) is 5. The summed E-state index contributed by atoms with van der Waals surface area (Å²) in [5, 5.41) is 11.2. The molecule has 0 aliphatic carbocycles. The van der Waals surface area contributed by atoms with Crippen molar-refractivity contribution in [2.45, 2.75) is 6.92 Å². The van der Waals surface area contributed by atoms with Gasteiger partial charge >= 0.3 is 5.69 Å². The minimum Gasteiger partial charge on any atom is -0.497 e. The molecule has 0 N–H and O–H groups in total. The first-order valence-corrected chi connectivity index (χ1v) is 9.57. The Labute approximate surface area is 178 Å². The van der Waals surface area contributed by atoms with Crippen LogP contribution >= 0.6 is 0 Å². The van der Waals surface area contributed by atoms with E-state index in [0.29, 0.717) is 11.3 Å². The Morgan fingerprint density at radius 1 is 1.00 bits per heavy atom. The molecule has 4 aromatic rings. The van der Waals surface area contributed by atoms with Gasteiger partial charge in [-0.15, -0.1) is 0 Å². The van der Waals surface area contributed by atoms with Crippen molar-refractivity contribution in [2.24, 2.45) is 0 Å². The van der Waals surface area contributed by atoms with E-state index >= 15 is 0 Å². The number of nitro groups is 1. The van der Waals surface area contributed by atoms with E-state index in [9.17, 15) is 14.9 Å². The number of ether oxygens (including phenoxy) is 2. The molecule has 0 unspecified atom stereocenters. The zero-order valence-corrected chi connectivity index (χ0v) is 17.3. The molecular weight excluding hydrogens is 396 g/mol. The Morgan fingerprint density at radius 2 is 1.74 bits per heavy atom. The summed E-state index contributed by atoms with van der Waals surface area (Å²) in [5.41, 5.74) is 4.24. The molecule has 31 heavy (non-hydrogen) atoms. The molecule has 0 fully saturated rings. The average molecular weight is 416 g/mol. The number of hydrogen-bond donors (Lipinski definition) is 0. The lowest BCUT2D eigenvalue weighted by molar-refractivity contribution is -0.385. The lowest BCUT2D eigenvalue weighted by atomic mass is 9.99. The fourth-order valence-electron chi connectivity index (χ4n) is 3.84. The van der Waals surface area contributed by atoms with Gasteiger partial charge in [-0.25, -0.2) is 0 Å². The fourth-order valence-corrected chi connectivity index (χ4v) is 3.84. The van der Waals surface area contributed by atoms with E-state index in [2.05, 4.69) is 0 Å². The normalized spacial score (nSPS) is 10.8. The van der Waals surface area contributed by atoms with Crippen molar-refractivity contribution in [2.75, 3.05) is 14.2 Å². The van der Waals surface area contributed by atoms with Crippen molar-refractivity contribution < 1.29 is 19.2 Å². The molecule has 0 aliphatic heterocycles. The molecule has 0 amide bonds. The van der Waals surface area contributed by atoms with Gasteiger partial charge in [-0.3, -0.25) is 14.9 Å². The summed E-state index contributed by atoms with van der Waals surface area (Å²) in [4.78, 5) is 24.2. The number of rotatable bonds is 6. The third kappa shape index (κ3) is 3.40. The van der Waals surface area contributed by atoms with Crippen LogP contribution in [0.5, 0.6) is 11.5 Å². The highest BCUT2D eigenvalue weighted by Crippen LogP contribution is 2.36. The molecule has 0 atom stereocenters. The van der Waals surface area contributed by atoms with Crippen LogP contribution in [0.25, 0.3) is 16.6 Å². The minimum absolute atomic E-state index is 0.0461. The number of nitrogens with zero attached hydrogens (tertiary/aromatic N) is 2. The van der Waals surface area contributed by atoms with Crippen molar-refractivity contribution in [3.05, 3.63) is 93.8 Å². The summed E-state index contributed by atoms with van der Waals surface area (Å²) in [7, 11) is 2.96. The van der Waals surface area contributed by atoms with Gasteiger partial charge in [0.2, 0.25) is 5.78 Å². The van der Waals surface area contributed by atoms with Crippen LogP contribution in [0.2, 0.25) is 0 Å². The topological polar surface area (TPSA) is 83.1 Å². The minimum atomic E-state index is -0.535. The predicted octanol–water partition coefficient (Wildman–Crippen LogP) is 5.07. The standard InChI is InChI=1S/C24H20N2O5/c1-15-22(16-7-10-18(30-2)11-8-16)20-6-4-5-13-25(20)23(15)24(27)17-9-12-19(26(28)29)21(14-17)31-3/h4-14H,1-3H3. The summed E-state index contributed by atoms with van der Waals surface area (Å²) >= 11 is 0. The van der Waals surface area contributed by atoms with Gasteiger partial charge in [-0.1, -0.05) is 18.2 Å². The highest BCUT2D eigenvalue weighted by molar-refractivity contribution is 6.12. The Bertz CT molecular complexity index is 1310. The molecule has 2 aromatic carbocycles. The third-order valence-electron chi connectivity index (χ3n) is 5.32. The summed E-state index contributed by atoms with van der Waals surface area (Å²) in [6, 6.07) is 17.6. The molecule has 0 bridgehead atoms. The molecule has 0 saturated carbocycles. The molecular formula is C24H20N2O5. The Kier molecular flexibility index (Phi) is 5.17. The van der Waals surface area contributed by atoms with Crippen LogP contribution < -0.4 is 9.47 Å². The van der Waals surface area contributed by atoms with E-state index < -0.39 is 4.92 Å². The Morgan fingerprint density at radius 3 is 2.39 bits per heavy atom. The molecule has 4 rings (SSSR count). The quantitative estimate of drug-likeness (QED) is 0.249. The number of benzene rings is 2. The van der Waals surface area contributed by atoms with Crippen LogP contribution in [0.3, 0.4) is 0 Å². The van der Waals surface area contributed by atoms with Crippen LogP contribution in [0.15, 0.2) is 66.9 Å². The SMILES string of the molecule is COc1ccc(-c2c(C)c(C(=O)c3ccc([N+](=O)[O-])c(OC)c3)n3ccccc23)cc1. The van der Waals surface area contributed by atoms with E-state index in [1.807, 2.05) is 60.0 Å². The fraction of sp³-hybridized carbons (Fsp3) is 0.125. The highest BCUT2D eigenvalue weighted by Gasteiger charge is 2.24. The molecule has 0 aliphatic rings. The van der Waals surface area contributed by atoms with Crippen molar-refractivity contribution in [3.63, 3.8) is 0 Å². The van der Waals surface area contributed by atoms with Crippen LogP contribution in [0.1, 0.15) is 21.6 Å². The number of nitro benzene ring substituents is 1. The average Bonchev–Trinajstić information content (AvgIpc) is 3.09. The van der Waals surface area contributed by atoms with E-state index in [0.717, 1.165) is 28.0 Å². The van der Waals surface area contributed by atoms with Crippen molar-refractivity contribution in [1.82, 2.24) is 4.40 Å². The molecule has 7 nitrogen and oxygen atoms in total. The third-order valence-corrected chi connectivity index (χ3v) is 5.32. The molecule has 156 valence electrons. The van der Waals surface area contributed by atoms with Gasteiger partial charge < -0.3 is 13.9 Å². The predicted molar refractivity (Wildman–Crippen MR) is 117 cm³/mol. The van der Waals surface area contributed by atoms with Crippen molar-refractivity contribution in [3.8, 4) is 22.6 Å². The Balaban J connectivity index is 1.89. The maximum absolute atomic E-state index is 13.5. The van der Waals surface area contributed by atoms with Gasteiger partial charge in [-0.2, -0.15) is 0 Å². The number of carbonyl (C=O) groups excluding carboxylic acids is 1. The van der Waals surface area contributed by atoms with E-state index in [1.165, 1.54) is 25.3 Å². The lowest BCUT2D eigenvalue weighted by Gasteiger charge is -2.07. The van der Waals surface area contributed by atoms with Crippen molar-refractivity contribution in [1.29, 1.82) is 0 Å². The largest absolute Gasteiger partial charge is 0.497 e. The molecule has 2 heterocycles. The number of aromatic nitrogens is 1. The number of carbonyl (C=O) groups is 1. The zero-order chi connectivity index (χ0) is 22.1. The molecule has 0 radical (unpaired) electrons. The van der Waals surface area contributed by atoms with Gasteiger partial charge in [0.1, 0.15) is 5.75 Å². The summed E-state index contributed by atoms with van der Waals surface area (Å²) < 4.78 is 12.2. The van der Waals surface area contributed by atoms with Gasteiger partial charge in [0, 0.05) is 23.4 Å². The first kappa shape index (κ1) is 20.2. The second kappa shape index (κ2) is 7.95. The van der Waals surface area contributed by atoms with Crippen LogP contribution in [-0.4, -0.2) is 29.3 Å². The zero-order valence-electron chi connectivity index (χ0n) is 17.3. The van der Waals surface area contributed by atoms with E-state index in [4.69, 9.17) is 9.47 Å². The summed E-state index contributed by atoms with van der Waals surface area (Å²) in [6.45, 7) is 1.91. The van der Waals surface area contributed by atoms with Crippen molar-refractivity contribution >= 4 is 17.0 Å². The molecule has 7 heteroatoms. The Hall–Kier alpha value is -4.13. The van der Waals surface area contributed by atoms with Crippen LogP contribution in [0.4, 0.5) is 5.69 Å². The van der Waals surface area contributed by atoms with Gasteiger partial charge in [0.05, 0.1) is 30.4 Å². The second-order valence-electron chi connectivity index (χ2n) is 7.01. The number of ketones is 1. The maximum atomic E-state index is 13.5. The van der Waals surface area contributed by atoms with Gasteiger partial charge in [-0.05, 0) is 54.4 Å². The highest BCUT2D eigenvalue weighted by atomic mass is 16.6. The first-order chi connectivity index (χ1) is 15.0. The van der Waals surface area contributed by atoms with Crippen LogP contribution in [-0.2, 0) is 0 Å². The number of pyridine rings is 1. The second-order valence-corrected chi connectivity index (χ2v) is 7.01. The van der Waals surface area contributed by atoms with E-state index in [-0.39, 0.29) is 17.2 Å². The maximum Gasteiger partial charge on any atom is 0.310 e. The number of methoxy groups -OCH3 is 2. The number of fused-ring (bicyclic) bond motifs is 1.